The molecule has 30 heavy (non-hydrogen) atoms. The quantitative estimate of drug-likeness (QED) is 0.237. The van der Waals surface area contributed by atoms with Crippen LogP contribution in [0, 0.1) is 10.1 Å². The molecule has 0 fully saturated rings. The van der Waals surface area contributed by atoms with Crippen LogP contribution in [-0.2, 0) is 20.9 Å². The van der Waals surface area contributed by atoms with Gasteiger partial charge in [0.2, 0.25) is 0 Å². The average molecular weight is 447 g/mol. The van der Waals surface area contributed by atoms with Gasteiger partial charge in [0.25, 0.3) is 11.6 Å². The summed E-state index contributed by atoms with van der Waals surface area (Å²) in [5, 5.41) is 11.1. The maximum Gasteiger partial charge on any atom is 0.325 e. The van der Waals surface area contributed by atoms with Gasteiger partial charge in [-0.05, 0) is 30.3 Å². The van der Waals surface area contributed by atoms with Crippen LogP contribution >= 0.6 is 23.1 Å². The molecule has 0 spiro atoms. The summed E-state index contributed by atoms with van der Waals surface area (Å²) in [4.78, 5) is 40.1. The van der Waals surface area contributed by atoms with Gasteiger partial charge in [-0.1, -0.05) is 11.3 Å². The standard InChI is InChI=1S/C19H17N3O6S2/c1-27-13-4-6-14(7-5-13)29-11-17(23)20-19-21(10-18(24)28-2)15-9-12(22(25)26)3-8-16(15)30-19/h3-9H,10-11H2,1-2H3. The molecule has 0 atom stereocenters. The average Bonchev–Trinajstić information content (AvgIpc) is 3.08. The third-order valence-electron chi connectivity index (χ3n) is 4.03. The highest BCUT2D eigenvalue weighted by molar-refractivity contribution is 8.00. The molecule has 0 saturated heterocycles. The van der Waals surface area contributed by atoms with E-state index in [9.17, 15) is 19.7 Å². The van der Waals surface area contributed by atoms with Crippen LogP contribution in [0.15, 0.2) is 52.4 Å². The second-order valence-corrected chi connectivity index (χ2v) is 7.98. The number of esters is 1. The van der Waals surface area contributed by atoms with Gasteiger partial charge >= 0.3 is 5.97 Å². The summed E-state index contributed by atoms with van der Waals surface area (Å²) in [6.07, 6.45) is 0. The SMILES string of the molecule is COC(=O)Cn1c(=NC(=O)CSc2ccc(OC)cc2)sc2ccc([N+](=O)[O-])cc21. The number of methoxy groups -OCH3 is 2. The topological polar surface area (TPSA) is 113 Å². The van der Waals surface area contributed by atoms with E-state index in [1.165, 1.54) is 46.9 Å². The fourth-order valence-electron chi connectivity index (χ4n) is 2.56. The maximum atomic E-state index is 12.4. The van der Waals surface area contributed by atoms with E-state index in [4.69, 9.17) is 9.47 Å². The number of carbonyl (C=O) groups excluding carboxylic acids is 2. The van der Waals surface area contributed by atoms with Crippen LogP contribution in [0.1, 0.15) is 0 Å². The van der Waals surface area contributed by atoms with E-state index in [1.807, 2.05) is 12.1 Å². The Morgan fingerprint density at radius 3 is 2.57 bits per heavy atom. The molecule has 2 aromatic carbocycles. The Hall–Kier alpha value is -3.18. The lowest BCUT2D eigenvalue weighted by molar-refractivity contribution is -0.384. The summed E-state index contributed by atoms with van der Waals surface area (Å²) in [5.41, 5.74) is 0.320. The number of rotatable bonds is 7. The zero-order valence-electron chi connectivity index (χ0n) is 16.1. The van der Waals surface area contributed by atoms with Crippen molar-refractivity contribution in [3.8, 4) is 5.75 Å². The molecule has 0 N–H and O–H groups in total. The minimum Gasteiger partial charge on any atom is -0.497 e. The molecule has 0 aliphatic rings. The number of hydrogen-bond acceptors (Lipinski definition) is 8. The molecule has 0 bridgehead atoms. The number of fused-ring (bicyclic) bond motifs is 1. The number of nitrogens with zero attached hydrogens (tertiary/aromatic N) is 3. The second-order valence-electron chi connectivity index (χ2n) is 5.93. The minimum absolute atomic E-state index is 0.0962. The zero-order chi connectivity index (χ0) is 21.7. The number of non-ortho nitro benzene ring substituents is 1. The Balaban J connectivity index is 1.90. The Kier molecular flexibility index (Phi) is 6.85. The number of nitro benzene ring substituents is 1. The van der Waals surface area contributed by atoms with Gasteiger partial charge in [-0.2, -0.15) is 4.99 Å². The molecule has 0 saturated carbocycles. The highest BCUT2D eigenvalue weighted by atomic mass is 32.2. The number of ether oxygens (including phenoxy) is 2. The van der Waals surface area contributed by atoms with Crippen molar-refractivity contribution in [2.75, 3.05) is 20.0 Å². The molecule has 1 amide bonds. The molecule has 156 valence electrons. The van der Waals surface area contributed by atoms with Crippen LogP contribution in [0.2, 0.25) is 0 Å². The van der Waals surface area contributed by atoms with Gasteiger partial charge in [0.1, 0.15) is 12.3 Å². The maximum absolute atomic E-state index is 12.4. The molecule has 3 aromatic rings. The monoisotopic (exact) mass is 447 g/mol. The number of carbonyl (C=O) groups is 2. The Morgan fingerprint density at radius 1 is 1.20 bits per heavy atom. The molecular formula is C19H17N3O6S2. The van der Waals surface area contributed by atoms with Crippen molar-refractivity contribution in [1.82, 2.24) is 4.57 Å². The van der Waals surface area contributed by atoms with Gasteiger partial charge in [0.05, 0.1) is 35.1 Å². The number of thioether (sulfide) groups is 1. The van der Waals surface area contributed by atoms with E-state index >= 15 is 0 Å². The Morgan fingerprint density at radius 2 is 1.93 bits per heavy atom. The smallest absolute Gasteiger partial charge is 0.325 e. The van der Waals surface area contributed by atoms with Crippen molar-refractivity contribution in [1.29, 1.82) is 0 Å². The number of nitro groups is 1. The normalized spacial score (nSPS) is 11.5. The molecular weight excluding hydrogens is 430 g/mol. The lowest BCUT2D eigenvalue weighted by atomic mass is 10.3. The van der Waals surface area contributed by atoms with Gasteiger partial charge in [-0.15, -0.1) is 11.8 Å². The zero-order valence-corrected chi connectivity index (χ0v) is 17.7. The van der Waals surface area contributed by atoms with E-state index < -0.39 is 16.8 Å². The van der Waals surface area contributed by atoms with Crippen LogP contribution in [0.25, 0.3) is 10.2 Å². The number of benzene rings is 2. The Labute approximate surface area is 179 Å². The highest BCUT2D eigenvalue weighted by Gasteiger charge is 2.15. The summed E-state index contributed by atoms with van der Waals surface area (Å²) in [6.45, 7) is -0.213. The molecule has 0 aliphatic carbocycles. The van der Waals surface area contributed by atoms with Crippen LogP contribution in [0.3, 0.4) is 0 Å². The molecule has 3 rings (SSSR count). The molecule has 11 heteroatoms. The van der Waals surface area contributed by atoms with Crippen LogP contribution < -0.4 is 9.54 Å². The largest absolute Gasteiger partial charge is 0.497 e. The number of amides is 1. The first kappa shape index (κ1) is 21.5. The van der Waals surface area contributed by atoms with Gasteiger partial charge < -0.3 is 14.0 Å². The molecule has 0 aliphatic heterocycles. The van der Waals surface area contributed by atoms with Gasteiger partial charge in [-0.25, -0.2) is 0 Å². The van der Waals surface area contributed by atoms with Crippen molar-refractivity contribution < 1.29 is 24.0 Å². The summed E-state index contributed by atoms with van der Waals surface area (Å²) in [6, 6.07) is 11.6. The van der Waals surface area contributed by atoms with E-state index in [0.717, 1.165) is 10.6 Å². The molecule has 0 unspecified atom stereocenters. The van der Waals surface area contributed by atoms with Gasteiger partial charge in [0, 0.05) is 17.0 Å². The van der Waals surface area contributed by atoms with Crippen LogP contribution in [0.4, 0.5) is 5.69 Å². The number of hydrogen-bond donors (Lipinski definition) is 0. The first-order valence-corrected chi connectivity index (χ1v) is 10.4. The fourth-order valence-corrected chi connectivity index (χ4v) is 4.27. The molecule has 9 nitrogen and oxygen atoms in total. The van der Waals surface area contributed by atoms with Crippen molar-refractivity contribution >= 4 is 50.9 Å². The molecule has 0 radical (unpaired) electrons. The number of aromatic nitrogens is 1. The lowest BCUT2D eigenvalue weighted by Gasteiger charge is -2.04. The van der Waals surface area contributed by atoms with Crippen molar-refractivity contribution in [2.45, 2.75) is 11.4 Å². The highest BCUT2D eigenvalue weighted by Crippen LogP contribution is 2.24. The minimum atomic E-state index is -0.553. The predicted molar refractivity (Wildman–Crippen MR) is 113 cm³/mol. The van der Waals surface area contributed by atoms with Crippen molar-refractivity contribution in [2.24, 2.45) is 4.99 Å². The Bertz CT molecular complexity index is 1170. The van der Waals surface area contributed by atoms with E-state index in [0.29, 0.717) is 10.2 Å². The second kappa shape index (κ2) is 9.55. The number of thiazole rings is 1. The summed E-state index contributed by atoms with van der Waals surface area (Å²) in [5.74, 6) is -0.129. The molecule has 1 aromatic heterocycles. The fraction of sp³-hybridized carbons (Fsp3) is 0.211. The lowest BCUT2D eigenvalue weighted by Crippen LogP contribution is -2.22. The van der Waals surface area contributed by atoms with Gasteiger partial charge in [0.15, 0.2) is 4.80 Å². The molecule has 1 heterocycles. The van der Waals surface area contributed by atoms with E-state index in [2.05, 4.69) is 4.99 Å². The predicted octanol–water partition coefficient (Wildman–Crippen LogP) is 3.01. The van der Waals surface area contributed by atoms with E-state index in [-0.39, 0.29) is 22.8 Å². The van der Waals surface area contributed by atoms with Gasteiger partial charge in [-0.3, -0.25) is 19.7 Å². The first-order valence-electron chi connectivity index (χ1n) is 8.60. The van der Waals surface area contributed by atoms with Crippen molar-refractivity contribution in [3.63, 3.8) is 0 Å². The van der Waals surface area contributed by atoms with Crippen LogP contribution in [-0.4, -0.2) is 41.3 Å². The third kappa shape index (κ3) is 5.05. The first-order chi connectivity index (χ1) is 14.4. The summed E-state index contributed by atoms with van der Waals surface area (Å²) in [7, 11) is 2.82. The van der Waals surface area contributed by atoms with E-state index in [1.54, 1.807) is 25.3 Å². The van der Waals surface area contributed by atoms with Crippen LogP contribution in [0.5, 0.6) is 5.75 Å². The third-order valence-corrected chi connectivity index (χ3v) is 6.09. The van der Waals surface area contributed by atoms with Crippen molar-refractivity contribution in [3.05, 3.63) is 57.4 Å². The summed E-state index contributed by atoms with van der Waals surface area (Å²) < 4.78 is 11.9. The summed E-state index contributed by atoms with van der Waals surface area (Å²) >= 11 is 2.49.